The number of halogens is 2. The van der Waals surface area contributed by atoms with Crippen LogP contribution in [0.1, 0.15) is 18.9 Å². The van der Waals surface area contributed by atoms with Gasteiger partial charge in [-0.25, -0.2) is 18.7 Å². The maximum absolute atomic E-state index is 14.9. The Balaban J connectivity index is 1.12. The normalized spacial score (nSPS) is 20.6. The molecule has 3 aliphatic heterocycles. The molecule has 0 bridgehead atoms. The number of piperidine rings is 1. The van der Waals surface area contributed by atoms with E-state index in [0.29, 0.717) is 34.8 Å². The molecule has 0 saturated carbocycles. The van der Waals surface area contributed by atoms with Crippen molar-refractivity contribution >= 4 is 23.2 Å². The molecule has 1 amide bonds. The number of rotatable bonds is 9. The molecule has 2 N–H and O–H groups in total. The van der Waals surface area contributed by atoms with Crippen LogP contribution in [0.3, 0.4) is 0 Å². The first-order valence-electron chi connectivity index (χ1n) is 15.4. The summed E-state index contributed by atoms with van der Waals surface area (Å²) in [6, 6.07) is 12.6. The largest absolute Gasteiger partial charge is 0.483 e. The number of carbonyl (C=O) groups is 1. The number of nitriles is 1. The van der Waals surface area contributed by atoms with Crippen molar-refractivity contribution in [3.05, 3.63) is 48.3 Å². The molecule has 47 heavy (non-hydrogen) atoms. The van der Waals surface area contributed by atoms with Crippen molar-refractivity contribution in [2.24, 2.45) is 0 Å². The molecule has 2 unspecified atom stereocenters. The van der Waals surface area contributed by atoms with Crippen molar-refractivity contribution < 1.29 is 32.9 Å². The highest BCUT2D eigenvalue weighted by Crippen LogP contribution is 2.35. The van der Waals surface area contributed by atoms with Crippen molar-refractivity contribution in [2.75, 3.05) is 69.8 Å². The number of amides is 1. The number of pyridine rings is 1. The van der Waals surface area contributed by atoms with Gasteiger partial charge < -0.3 is 34.4 Å². The molecule has 0 aliphatic carbocycles. The lowest BCUT2D eigenvalue weighted by Crippen LogP contribution is -2.56. The van der Waals surface area contributed by atoms with Crippen molar-refractivity contribution in [1.29, 1.82) is 5.26 Å². The van der Waals surface area contributed by atoms with E-state index in [-0.39, 0.29) is 24.3 Å². The minimum Gasteiger partial charge on any atom is -0.483 e. The summed E-state index contributed by atoms with van der Waals surface area (Å²) in [4.78, 5) is 30.9. The van der Waals surface area contributed by atoms with E-state index in [9.17, 15) is 23.9 Å². The molecular weight excluding hydrogens is 614 g/mol. The van der Waals surface area contributed by atoms with Crippen LogP contribution in [0, 0.1) is 11.3 Å². The minimum absolute atomic E-state index is 0.00140. The molecule has 0 radical (unpaired) electrons. The lowest BCUT2D eigenvalue weighted by molar-refractivity contribution is -0.165. The van der Waals surface area contributed by atoms with Crippen LogP contribution < -0.4 is 19.7 Å². The molecule has 248 valence electrons. The second kappa shape index (κ2) is 13.6. The molecule has 2 atom stereocenters. The van der Waals surface area contributed by atoms with Crippen molar-refractivity contribution in [3.63, 3.8) is 0 Å². The number of hydrogen-bond acceptors (Lipinski definition) is 12. The van der Waals surface area contributed by atoms with Gasteiger partial charge in [0.25, 0.3) is 5.91 Å². The third kappa shape index (κ3) is 7.04. The van der Waals surface area contributed by atoms with Gasteiger partial charge in [0.2, 0.25) is 5.88 Å². The van der Waals surface area contributed by atoms with Gasteiger partial charge in [0.1, 0.15) is 41.6 Å². The third-order valence-electron chi connectivity index (χ3n) is 8.62. The average Bonchev–Trinajstić information content (AvgIpc) is 3.05. The molecule has 1 aromatic carbocycles. The first-order valence-corrected chi connectivity index (χ1v) is 15.4. The Bertz CT molecular complexity index is 1640. The molecule has 3 fully saturated rings. The van der Waals surface area contributed by atoms with E-state index in [1.807, 2.05) is 18.2 Å². The van der Waals surface area contributed by atoms with E-state index in [1.165, 1.54) is 25.4 Å². The van der Waals surface area contributed by atoms with Gasteiger partial charge >= 0.3 is 5.92 Å². The highest BCUT2D eigenvalue weighted by Gasteiger charge is 2.48. The minimum atomic E-state index is -3.38. The van der Waals surface area contributed by atoms with Crippen LogP contribution in [-0.2, 0) is 9.53 Å². The van der Waals surface area contributed by atoms with Gasteiger partial charge in [0, 0.05) is 50.8 Å². The summed E-state index contributed by atoms with van der Waals surface area (Å²) in [5.41, 5.74) is 2.00. The maximum atomic E-state index is 14.9. The van der Waals surface area contributed by atoms with E-state index in [2.05, 4.69) is 30.1 Å². The summed E-state index contributed by atoms with van der Waals surface area (Å²) >= 11 is 0. The number of aromatic nitrogens is 3. The molecule has 2 aromatic heterocycles. The number of likely N-dealkylation sites (tertiary alicyclic amines) is 1. The number of alkyl halides is 2. The van der Waals surface area contributed by atoms with Crippen LogP contribution in [0.15, 0.2) is 42.7 Å². The number of aliphatic hydroxyl groups is 1. The molecule has 6 rings (SSSR count). The lowest BCUT2D eigenvalue weighted by Gasteiger charge is -2.43. The molecule has 3 aromatic rings. The van der Waals surface area contributed by atoms with Gasteiger partial charge in [-0.3, -0.25) is 9.69 Å². The predicted molar refractivity (Wildman–Crippen MR) is 167 cm³/mol. The van der Waals surface area contributed by atoms with Gasteiger partial charge in [-0.05, 0) is 37.3 Å². The third-order valence-corrected chi connectivity index (χ3v) is 8.62. The summed E-state index contributed by atoms with van der Waals surface area (Å²) in [6.07, 6.45) is -1.71. The fourth-order valence-electron chi connectivity index (χ4n) is 5.92. The van der Waals surface area contributed by atoms with Crippen LogP contribution in [0.25, 0.3) is 11.3 Å². The van der Waals surface area contributed by atoms with Gasteiger partial charge in [0.15, 0.2) is 6.10 Å². The Morgan fingerprint density at radius 1 is 1.13 bits per heavy atom. The van der Waals surface area contributed by atoms with Gasteiger partial charge in [-0.15, -0.1) is 0 Å². The Morgan fingerprint density at radius 2 is 1.91 bits per heavy atom. The lowest BCUT2D eigenvalue weighted by atomic mass is 10.0. The Labute approximate surface area is 270 Å². The highest BCUT2D eigenvalue weighted by atomic mass is 19.3. The SMILES string of the molecule is COc1nc(Nc2cc(-c3ccc(OC4CCN(C(=O)C(C)O)CC4(F)F)c(C#N)c3)ncn2)ccc1N1CCN(C2COC2)CC1. The van der Waals surface area contributed by atoms with E-state index in [1.54, 1.807) is 19.2 Å². The van der Waals surface area contributed by atoms with Crippen LogP contribution in [0.4, 0.5) is 26.1 Å². The number of anilines is 3. The number of nitrogens with zero attached hydrogens (tertiary/aromatic N) is 7. The number of piperazine rings is 1. The summed E-state index contributed by atoms with van der Waals surface area (Å²) in [7, 11) is 1.59. The predicted octanol–water partition coefficient (Wildman–Crippen LogP) is 2.68. The van der Waals surface area contributed by atoms with Gasteiger partial charge in [-0.1, -0.05) is 0 Å². The number of nitrogens with one attached hydrogen (secondary N) is 1. The Kier molecular flexibility index (Phi) is 9.35. The molecule has 0 spiro atoms. The fraction of sp³-hybridized carbons (Fsp3) is 0.469. The number of benzene rings is 1. The number of carbonyl (C=O) groups excluding carboxylic acids is 1. The summed E-state index contributed by atoms with van der Waals surface area (Å²) < 4.78 is 46.4. The molecule has 3 aliphatic rings. The van der Waals surface area contributed by atoms with E-state index in [0.717, 1.165) is 50.0 Å². The summed E-state index contributed by atoms with van der Waals surface area (Å²) in [5, 5.41) is 22.5. The summed E-state index contributed by atoms with van der Waals surface area (Å²) in [5.74, 6) is -2.69. The van der Waals surface area contributed by atoms with E-state index in [4.69, 9.17) is 14.2 Å². The molecule has 5 heterocycles. The van der Waals surface area contributed by atoms with Gasteiger partial charge in [0.05, 0.1) is 44.2 Å². The smallest absolute Gasteiger partial charge is 0.301 e. The zero-order valence-electron chi connectivity index (χ0n) is 26.1. The van der Waals surface area contributed by atoms with E-state index < -0.39 is 30.6 Å². The van der Waals surface area contributed by atoms with Crippen LogP contribution in [0.2, 0.25) is 0 Å². The fourth-order valence-corrected chi connectivity index (χ4v) is 5.92. The van der Waals surface area contributed by atoms with Crippen LogP contribution in [0.5, 0.6) is 11.6 Å². The molecular formula is C32H36F2N8O5. The Morgan fingerprint density at radius 3 is 2.57 bits per heavy atom. The second-order valence-electron chi connectivity index (χ2n) is 11.8. The van der Waals surface area contributed by atoms with Crippen LogP contribution >= 0.6 is 0 Å². The number of aliphatic hydroxyl groups excluding tert-OH is 1. The van der Waals surface area contributed by atoms with Crippen LogP contribution in [-0.4, -0.2) is 120 Å². The van der Waals surface area contributed by atoms with Crippen molar-refractivity contribution in [2.45, 2.75) is 37.5 Å². The second-order valence-corrected chi connectivity index (χ2v) is 11.8. The Hall–Kier alpha value is -4.65. The van der Waals surface area contributed by atoms with Gasteiger partial charge in [-0.2, -0.15) is 10.2 Å². The zero-order chi connectivity index (χ0) is 33.1. The highest BCUT2D eigenvalue weighted by molar-refractivity contribution is 5.80. The number of methoxy groups -OCH3 is 1. The standard InChI is InChI=1S/C32H36F2N8O5/c1-20(43)31(44)42-8-7-27(32(33,34)18-42)47-26-5-3-21(13-22(26)15-35)24-14-29(37-19-36-24)38-28-6-4-25(30(39-28)45-2)41-11-9-40(10-12-41)23-16-46-17-23/h3-6,13-14,19-20,23,27,43H,7-12,16-18H2,1-2H3,(H,36,37,38,39). The molecule has 15 heteroatoms. The summed E-state index contributed by atoms with van der Waals surface area (Å²) in [6.45, 7) is 5.56. The topological polar surface area (TPSA) is 149 Å². The zero-order valence-corrected chi connectivity index (χ0v) is 26.1. The van der Waals surface area contributed by atoms with Crippen molar-refractivity contribution in [3.8, 4) is 29.0 Å². The maximum Gasteiger partial charge on any atom is 0.301 e. The number of ether oxygens (including phenoxy) is 3. The van der Waals surface area contributed by atoms with E-state index >= 15 is 0 Å². The molecule has 3 saturated heterocycles. The monoisotopic (exact) mass is 650 g/mol. The number of hydrogen-bond donors (Lipinski definition) is 2. The molecule has 13 nitrogen and oxygen atoms in total. The average molecular weight is 651 g/mol. The first-order chi connectivity index (χ1) is 22.6. The van der Waals surface area contributed by atoms with Crippen molar-refractivity contribution in [1.82, 2.24) is 24.8 Å². The first kappa shape index (κ1) is 32.3. The quantitative estimate of drug-likeness (QED) is 0.351.